The van der Waals surface area contributed by atoms with Crippen LogP contribution >= 0.6 is 0 Å². The van der Waals surface area contributed by atoms with Crippen molar-refractivity contribution in [3.05, 3.63) is 48.7 Å². The van der Waals surface area contributed by atoms with Crippen LogP contribution in [-0.2, 0) is 18.3 Å². The zero-order chi connectivity index (χ0) is 19.6. The van der Waals surface area contributed by atoms with E-state index in [4.69, 9.17) is 9.72 Å². The Morgan fingerprint density at radius 1 is 1.17 bits per heavy atom. The Bertz CT molecular complexity index is 1130. The van der Waals surface area contributed by atoms with E-state index in [0.29, 0.717) is 18.5 Å². The average molecular weight is 391 g/mol. The lowest BCUT2D eigenvalue weighted by molar-refractivity contribution is 0.195. The Morgan fingerprint density at radius 2 is 2.14 bits per heavy atom. The van der Waals surface area contributed by atoms with Gasteiger partial charge in [-0.3, -0.25) is 4.68 Å². The van der Waals surface area contributed by atoms with Gasteiger partial charge in [-0.25, -0.2) is 14.6 Å². The summed E-state index contributed by atoms with van der Waals surface area (Å²) in [7, 11) is 1.86. The normalized spacial score (nSPS) is 16.4. The third kappa shape index (κ3) is 3.87. The van der Waals surface area contributed by atoms with E-state index in [1.165, 1.54) is 0 Å². The maximum Gasteiger partial charge on any atom is 0.229 e. The summed E-state index contributed by atoms with van der Waals surface area (Å²) in [5.41, 5.74) is 2.48. The molecule has 0 amide bonds. The molecule has 0 spiro atoms. The number of ether oxygens (including phenoxy) is 1. The van der Waals surface area contributed by atoms with Crippen LogP contribution in [0, 0.1) is 0 Å². The predicted molar refractivity (Wildman–Crippen MR) is 108 cm³/mol. The smallest absolute Gasteiger partial charge is 0.229 e. The van der Waals surface area contributed by atoms with Gasteiger partial charge in [-0.15, -0.1) is 0 Å². The monoisotopic (exact) mass is 391 g/mol. The van der Waals surface area contributed by atoms with Crippen LogP contribution in [0.5, 0.6) is 0 Å². The Hall–Kier alpha value is -3.53. The number of aryl methyl sites for hydroxylation is 1. The number of nitrogens with zero attached hydrogens (tertiary/aromatic N) is 7. The summed E-state index contributed by atoms with van der Waals surface area (Å²) in [4.78, 5) is 13.7. The lowest BCUT2D eigenvalue weighted by Crippen LogP contribution is -2.20. The van der Waals surface area contributed by atoms with E-state index in [1.807, 2.05) is 36.1 Å². The number of aromatic nitrogens is 7. The van der Waals surface area contributed by atoms with Crippen molar-refractivity contribution in [1.29, 1.82) is 0 Å². The molecule has 1 aliphatic heterocycles. The summed E-state index contributed by atoms with van der Waals surface area (Å²) in [6.45, 7) is 2.04. The number of hydrogen-bond acceptors (Lipinski definition) is 8. The van der Waals surface area contributed by atoms with Crippen LogP contribution in [0.3, 0.4) is 0 Å². The second-order valence-corrected chi connectivity index (χ2v) is 7.02. The fourth-order valence-electron chi connectivity index (χ4n) is 3.32. The van der Waals surface area contributed by atoms with Crippen LogP contribution in [0.2, 0.25) is 0 Å². The first-order chi connectivity index (χ1) is 14.2. The van der Waals surface area contributed by atoms with E-state index in [1.54, 1.807) is 23.3 Å². The zero-order valence-corrected chi connectivity index (χ0v) is 16.0. The van der Waals surface area contributed by atoms with Crippen LogP contribution in [-0.4, -0.2) is 53.8 Å². The van der Waals surface area contributed by atoms with Gasteiger partial charge in [0, 0.05) is 26.0 Å². The molecule has 0 aromatic carbocycles. The molecule has 4 aromatic heterocycles. The topological polar surface area (TPSA) is 108 Å². The molecule has 10 heteroatoms. The summed E-state index contributed by atoms with van der Waals surface area (Å²) in [5, 5.41) is 16.1. The van der Waals surface area contributed by atoms with Crippen molar-refractivity contribution in [1.82, 2.24) is 34.5 Å². The molecule has 1 atom stereocenters. The molecule has 0 unspecified atom stereocenters. The average Bonchev–Trinajstić information content (AvgIpc) is 3.45. The lowest BCUT2D eigenvalue weighted by Gasteiger charge is -2.12. The second kappa shape index (κ2) is 7.47. The highest BCUT2D eigenvalue weighted by atomic mass is 16.5. The molecule has 1 aliphatic rings. The Morgan fingerprint density at radius 3 is 2.97 bits per heavy atom. The molecule has 0 bridgehead atoms. The van der Waals surface area contributed by atoms with Gasteiger partial charge >= 0.3 is 0 Å². The van der Waals surface area contributed by atoms with Crippen molar-refractivity contribution in [2.75, 3.05) is 23.8 Å². The highest BCUT2D eigenvalue weighted by molar-refractivity contribution is 5.75. The van der Waals surface area contributed by atoms with Crippen molar-refractivity contribution in [2.45, 2.75) is 19.0 Å². The van der Waals surface area contributed by atoms with Crippen molar-refractivity contribution in [3.63, 3.8) is 0 Å². The number of nitrogens with one attached hydrogen (secondary N) is 2. The first kappa shape index (κ1) is 17.6. The van der Waals surface area contributed by atoms with Crippen molar-refractivity contribution >= 4 is 28.5 Å². The Labute approximate surface area is 166 Å². The number of pyridine rings is 1. The van der Waals surface area contributed by atoms with Gasteiger partial charge in [-0.1, -0.05) is 6.07 Å². The molecule has 0 radical (unpaired) electrons. The van der Waals surface area contributed by atoms with E-state index in [-0.39, 0.29) is 0 Å². The summed E-state index contributed by atoms with van der Waals surface area (Å²) < 4.78 is 8.97. The molecule has 5 rings (SSSR count). The molecule has 148 valence electrons. The van der Waals surface area contributed by atoms with Crippen LogP contribution in [0.25, 0.3) is 11.0 Å². The lowest BCUT2D eigenvalue weighted by atomic mass is 10.2. The van der Waals surface area contributed by atoms with Crippen LogP contribution in [0.1, 0.15) is 12.1 Å². The van der Waals surface area contributed by atoms with Gasteiger partial charge in [-0.05, 0) is 18.6 Å². The number of anilines is 3. The van der Waals surface area contributed by atoms with Gasteiger partial charge < -0.3 is 15.4 Å². The minimum atomic E-state index is 0.317. The minimum absolute atomic E-state index is 0.317. The number of hydrogen-bond donors (Lipinski definition) is 2. The summed E-state index contributed by atoms with van der Waals surface area (Å²) in [6.07, 6.45) is 8.11. The maximum atomic E-state index is 5.42. The van der Waals surface area contributed by atoms with Crippen molar-refractivity contribution in [3.8, 4) is 0 Å². The fourth-order valence-corrected chi connectivity index (χ4v) is 3.32. The highest BCUT2D eigenvalue weighted by Gasteiger charge is 2.16. The molecule has 1 saturated heterocycles. The largest absolute Gasteiger partial charge is 0.379 e. The van der Waals surface area contributed by atoms with Gasteiger partial charge in [0.25, 0.3) is 0 Å². The molecule has 5 heterocycles. The Balaban J connectivity index is 1.36. The quantitative estimate of drug-likeness (QED) is 0.513. The molecule has 2 N–H and O–H groups in total. The first-order valence-electron chi connectivity index (χ1n) is 9.47. The molecule has 0 saturated carbocycles. The van der Waals surface area contributed by atoms with Crippen LogP contribution in [0.15, 0.2) is 43.0 Å². The molecular formula is C19H21N9O. The number of rotatable bonds is 6. The molecular weight excluding hydrogens is 370 g/mol. The minimum Gasteiger partial charge on any atom is -0.379 e. The van der Waals surface area contributed by atoms with E-state index in [0.717, 1.165) is 47.9 Å². The standard InChI is InChI=1S/C19H21N9O/c1-27-10-16(9-21-27)25-19-20-7-13-8-22-28(18(13)26-19)11-14-3-2-4-17(23-14)24-15-5-6-29-12-15/h2-4,7-10,15H,5-6,11-12H2,1H3,(H,23,24)(H,20,25,26)/t15-/m1/s1. The van der Waals surface area contributed by atoms with E-state index < -0.39 is 0 Å². The van der Waals surface area contributed by atoms with Gasteiger partial charge in [0.05, 0.1) is 48.4 Å². The highest BCUT2D eigenvalue weighted by Crippen LogP contribution is 2.17. The molecule has 4 aromatic rings. The predicted octanol–water partition coefficient (Wildman–Crippen LogP) is 1.95. The van der Waals surface area contributed by atoms with Gasteiger partial charge in [0.2, 0.25) is 5.95 Å². The first-order valence-corrected chi connectivity index (χ1v) is 9.47. The van der Waals surface area contributed by atoms with E-state index in [9.17, 15) is 0 Å². The SMILES string of the molecule is Cn1cc(Nc2ncc3cnn(Cc4cccc(N[C@@H]5CCOC5)n4)c3n2)cn1. The summed E-state index contributed by atoms with van der Waals surface area (Å²) in [5.74, 6) is 1.35. The maximum absolute atomic E-state index is 5.42. The van der Waals surface area contributed by atoms with Crippen molar-refractivity contribution in [2.24, 2.45) is 7.05 Å². The van der Waals surface area contributed by atoms with Gasteiger partial charge in [-0.2, -0.15) is 15.2 Å². The molecule has 0 aliphatic carbocycles. The van der Waals surface area contributed by atoms with E-state index >= 15 is 0 Å². The van der Waals surface area contributed by atoms with Gasteiger partial charge in [0.1, 0.15) is 5.82 Å². The zero-order valence-electron chi connectivity index (χ0n) is 16.0. The molecule has 1 fully saturated rings. The Kier molecular flexibility index (Phi) is 4.53. The number of fused-ring (bicyclic) bond motifs is 1. The molecule has 29 heavy (non-hydrogen) atoms. The van der Waals surface area contributed by atoms with Crippen LogP contribution in [0.4, 0.5) is 17.5 Å². The van der Waals surface area contributed by atoms with Crippen LogP contribution < -0.4 is 10.6 Å². The second-order valence-electron chi connectivity index (χ2n) is 7.02. The fraction of sp³-hybridized carbons (Fsp3) is 0.316. The summed E-state index contributed by atoms with van der Waals surface area (Å²) in [6, 6.07) is 6.27. The summed E-state index contributed by atoms with van der Waals surface area (Å²) >= 11 is 0. The van der Waals surface area contributed by atoms with Crippen molar-refractivity contribution < 1.29 is 4.74 Å². The van der Waals surface area contributed by atoms with Gasteiger partial charge in [0.15, 0.2) is 5.65 Å². The van der Waals surface area contributed by atoms with E-state index in [2.05, 4.69) is 30.8 Å². The third-order valence-corrected chi connectivity index (χ3v) is 4.74. The molecule has 10 nitrogen and oxygen atoms in total. The third-order valence-electron chi connectivity index (χ3n) is 4.74.